The SMILES string of the molecule is CC1SC(=S)N(c2nnn[nH]2)C1=O. The van der Waals surface area contributed by atoms with E-state index < -0.39 is 0 Å². The average Bonchev–Trinajstić information content (AvgIpc) is 2.63. The van der Waals surface area contributed by atoms with Crippen LogP contribution in [-0.2, 0) is 4.79 Å². The van der Waals surface area contributed by atoms with Gasteiger partial charge < -0.3 is 0 Å². The molecule has 13 heavy (non-hydrogen) atoms. The van der Waals surface area contributed by atoms with Crippen LogP contribution in [0.3, 0.4) is 0 Å². The minimum atomic E-state index is -0.155. The van der Waals surface area contributed by atoms with Gasteiger partial charge in [0.05, 0.1) is 5.25 Å². The Balaban J connectivity index is 2.34. The minimum Gasteiger partial charge on any atom is -0.273 e. The highest BCUT2D eigenvalue weighted by Crippen LogP contribution is 2.28. The van der Waals surface area contributed by atoms with Crippen LogP contribution in [0.4, 0.5) is 5.95 Å². The molecule has 1 aliphatic heterocycles. The highest BCUT2D eigenvalue weighted by molar-refractivity contribution is 8.25. The zero-order valence-electron chi connectivity index (χ0n) is 6.59. The minimum absolute atomic E-state index is 0.0893. The Labute approximate surface area is 83.1 Å². The molecule has 1 aliphatic rings. The van der Waals surface area contributed by atoms with Crippen molar-refractivity contribution in [1.29, 1.82) is 0 Å². The van der Waals surface area contributed by atoms with Gasteiger partial charge in [0, 0.05) is 0 Å². The fourth-order valence-electron chi connectivity index (χ4n) is 0.966. The van der Waals surface area contributed by atoms with Crippen LogP contribution in [0, 0.1) is 0 Å². The molecule has 6 nitrogen and oxygen atoms in total. The Morgan fingerprint density at radius 2 is 2.46 bits per heavy atom. The van der Waals surface area contributed by atoms with Crippen molar-refractivity contribution in [2.24, 2.45) is 0 Å². The lowest BCUT2D eigenvalue weighted by Gasteiger charge is -2.08. The van der Waals surface area contributed by atoms with Gasteiger partial charge in [-0.2, -0.15) is 0 Å². The molecule has 0 aromatic carbocycles. The second-order valence-corrected chi connectivity index (χ2v) is 4.40. The zero-order valence-corrected chi connectivity index (χ0v) is 8.22. The van der Waals surface area contributed by atoms with E-state index in [9.17, 15) is 4.79 Å². The van der Waals surface area contributed by atoms with Crippen molar-refractivity contribution in [2.45, 2.75) is 12.2 Å². The highest BCUT2D eigenvalue weighted by atomic mass is 32.2. The predicted octanol–water partition coefficient (Wildman–Crippen LogP) is -0.0471. The summed E-state index contributed by atoms with van der Waals surface area (Å²) in [5.41, 5.74) is 0. The number of rotatable bonds is 1. The van der Waals surface area contributed by atoms with E-state index in [0.717, 1.165) is 0 Å². The number of thiocarbonyl (C=S) groups is 1. The molecule has 1 amide bonds. The molecular formula is C5H5N5OS2. The van der Waals surface area contributed by atoms with Crippen LogP contribution >= 0.6 is 24.0 Å². The maximum atomic E-state index is 11.5. The number of tetrazole rings is 1. The molecule has 0 spiro atoms. The molecule has 1 saturated heterocycles. The molecule has 0 saturated carbocycles. The molecule has 0 bridgehead atoms. The van der Waals surface area contributed by atoms with Gasteiger partial charge in [0.2, 0.25) is 5.91 Å². The predicted molar refractivity (Wildman–Crippen MR) is 51.3 cm³/mol. The van der Waals surface area contributed by atoms with E-state index in [2.05, 4.69) is 20.6 Å². The van der Waals surface area contributed by atoms with Crippen molar-refractivity contribution in [3.63, 3.8) is 0 Å². The number of amides is 1. The van der Waals surface area contributed by atoms with Gasteiger partial charge in [-0.25, -0.2) is 10.00 Å². The summed E-state index contributed by atoms with van der Waals surface area (Å²) in [6.45, 7) is 1.79. The molecular weight excluding hydrogens is 210 g/mol. The van der Waals surface area contributed by atoms with Crippen molar-refractivity contribution in [2.75, 3.05) is 4.90 Å². The summed E-state index contributed by atoms with van der Waals surface area (Å²) in [5.74, 6) is 0.195. The third-order valence-corrected chi connectivity index (χ3v) is 2.98. The van der Waals surface area contributed by atoms with Gasteiger partial charge in [-0.05, 0) is 17.4 Å². The molecule has 1 aromatic rings. The number of carbonyl (C=O) groups is 1. The number of aromatic amines is 1. The summed E-state index contributed by atoms with van der Waals surface area (Å²) < 4.78 is 0.482. The molecule has 1 unspecified atom stereocenters. The second-order valence-electron chi connectivity index (χ2n) is 2.42. The molecule has 1 fully saturated rings. The van der Waals surface area contributed by atoms with Gasteiger partial charge in [-0.15, -0.1) is 0 Å². The summed E-state index contributed by atoms with van der Waals surface area (Å²) in [6.07, 6.45) is 0. The summed E-state index contributed by atoms with van der Waals surface area (Å²) in [4.78, 5) is 12.8. The van der Waals surface area contributed by atoms with E-state index >= 15 is 0 Å². The summed E-state index contributed by atoms with van der Waals surface area (Å²) >= 11 is 6.32. The largest absolute Gasteiger partial charge is 0.273 e. The van der Waals surface area contributed by atoms with Crippen molar-refractivity contribution >= 4 is 40.2 Å². The molecule has 0 radical (unpaired) electrons. The van der Waals surface area contributed by atoms with E-state index in [1.165, 1.54) is 16.7 Å². The van der Waals surface area contributed by atoms with Gasteiger partial charge in [0.25, 0.3) is 5.95 Å². The molecule has 68 valence electrons. The summed E-state index contributed by atoms with van der Waals surface area (Å²) in [7, 11) is 0. The molecule has 0 aliphatic carbocycles. The standard InChI is InChI=1S/C5H5N5OS2/c1-2-3(11)10(5(12)13-2)4-6-8-9-7-4/h2H,1H3,(H,6,7,8,9). The van der Waals surface area contributed by atoms with Crippen molar-refractivity contribution in [3.8, 4) is 0 Å². The number of aromatic nitrogens is 4. The van der Waals surface area contributed by atoms with E-state index in [1.807, 2.05) is 0 Å². The van der Waals surface area contributed by atoms with Gasteiger partial charge in [0.15, 0.2) is 4.32 Å². The fourth-order valence-corrected chi connectivity index (χ4v) is 2.37. The van der Waals surface area contributed by atoms with Crippen LogP contribution in [0.25, 0.3) is 0 Å². The number of nitrogens with one attached hydrogen (secondary N) is 1. The molecule has 8 heteroatoms. The number of hydrogen-bond donors (Lipinski definition) is 1. The van der Waals surface area contributed by atoms with Gasteiger partial charge in [-0.3, -0.25) is 4.79 Å². The third-order valence-electron chi connectivity index (χ3n) is 1.57. The van der Waals surface area contributed by atoms with Gasteiger partial charge in [-0.1, -0.05) is 29.1 Å². The Kier molecular flexibility index (Phi) is 2.00. The van der Waals surface area contributed by atoms with Crippen LogP contribution < -0.4 is 4.90 Å². The quantitative estimate of drug-likeness (QED) is 0.662. The first-order chi connectivity index (χ1) is 6.20. The summed E-state index contributed by atoms with van der Waals surface area (Å²) in [6, 6.07) is 0. The monoisotopic (exact) mass is 215 g/mol. The number of anilines is 1. The first-order valence-electron chi connectivity index (χ1n) is 3.48. The normalized spacial score (nSPS) is 22.8. The maximum Gasteiger partial charge on any atom is 0.255 e. The summed E-state index contributed by atoms with van der Waals surface area (Å²) in [5, 5.41) is 12.7. The van der Waals surface area contributed by atoms with E-state index in [0.29, 0.717) is 4.32 Å². The maximum absolute atomic E-state index is 11.5. The smallest absolute Gasteiger partial charge is 0.255 e. The first kappa shape index (κ1) is 8.57. The number of carbonyl (C=O) groups excluding carboxylic acids is 1. The van der Waals surface area contributed by atoms with Crippen molar-refractivity contribution < 1.29 is 4.79 Å². The lowest BCUT2D eigenvalue weighted by molar-refractivity contribution is -0.116. The number of nitrogens with zero attached hydrogens (tertiary/aromatic N) is 4. The van der Waals surface area contributed by atoms with Crippen molar-refractivity contribution in [3.05, 3.63) is 0 Å². The van der Waals surface area contributed by atoms with Crippen LogP contribution in [0.15, 0.2) is 0 Å². The van der Waals surface area contributed by atoms with E-state index in [-0.39, 0.29) is 17.1 Å². The lowest BCUT2D eigenvalue weighted by atomic mass is 10.4. The van der Waals surface area contributed by atoms with Crippen LogP contribution in [-0.4, -0.2) is 36.1 Å². The topological polar surface area (TPSA) is 74.8 Å². The first-order valence-corrected chi connectivity index (χ1v) is 4.77. The average molecular weight is 215 g/mol. The van der Waals surface area contributed by atoms with Crippen molar-refractivity contribution in [1.82, 2.24) is 20.6 Å². The second kappa shape index (κ2) is 3.04. The van der Waals surface area contributed by atoms with E-state index in [1.54, 1.807) is 6.92 Å². The molecule has 2 heterocycles. The number of thioether (sulfide) groups is 1. The molecule has 2 rings (SSSR count). The number of hydrogen-bond acceptors (Lipinski definition) is 6. The lowest BCUT2D eigenvalue weighted by Crippen LogP contribution is -2.31. The Bertz CT molecular complexity index is 350. The third kappa shape index (κ3) is 1.31. The zero-order chi connectivity index (χ0) is 9.42. The van der Waals surface area contributed by atoms with Crippen LogP contribution in [0.1, 0.15) is 6.92 Å². The van der Waals surface area contributed by atoms with E-state index in [4.69, 9.17) is 12.2 Å². The molecule has 1 N–H and O–H groups in total. The number of H-pyrrole nitrogens is 1. The fraction of sp³-hybridized carbons (Fsp3) is 0.400. The molecule has 1 atom stereocenters. The van der Waals surface area contributed by atoms with Gasteiger partial charge >= 0.3 is 0 Å². The molecule has 1 aromatic heterocycles. The highest BCUT2D eigenvalue weighted by Gasteiger charge is 2.36. The van der Waals surface area contributed by atoms with Crippen LogP contribution in [0.2, 0.25) is 0 Å². The Morgan fingerprint density at radius 1 is 1.69 bits per heavy atom. The van der Waals surface area contributed by atoms with Gasteiger partial charge in [0.1, 0.15) is 0 Å². The Morgan fingerprint density at radius 3 is 2.92 bits per heavy atom. The Hall–Kier alpha value is -1.02. The van der Waals surface area contributed by atoms with Crippen LogP contribution in [0.5, 0.6) is 0 Å².